The average molecular weight is 855 g/mol. The predicted molar refractivity (Wildman–Crippen MR) is 147 cm³/mol. The molecule has 1 N–H and O–H groups in total. The minimum atomic E-state index is -3.04. The quantitative estimate of drug-likeness (QED) is 0.130. The van der Waals surface area contributed by atoms with Crippen molar-refractivity contribution in [2.75, 3.05) is 13.2 Å². The summed E-state index contributed by atoms with van der Waals surface area (Å²) >= 11 is 0. The van der Waals surface area contributed by atoms with Crippen LogP contribution in [0.1, 0.15) is 46.2 Å². The van der Waals surface area contributed by atoms with Crippen molar-refractivity contribution in [2.24, 2.45) is 0 Å². The number of ether oxygens (including phenoxy) is 1. The largest absolute Gasteiger partial charge is 1.00 e. The van der Waals surface area contributed by atoms with Crippen LogP contribution >= 0.6 is 0 Å². The summed E-state index contributed by atoms with van der Waals surface area (Å²) in [5.41, 5.74) is 0.131. The van der Waals surface area contributed by atoms with Gasteiger partial charge in [0.1, 0.15) is 0 Å². The van der Waals surface area contributed by atoms with Crippen molar-refractivity contribution in [3.05, 3.63) is 95.8 Å². The molecule has 0 heterocycles. The molecule has 0 spiro atoms. The summed E-state index contributed by atoms with van der Waals surface area (Å²) in [5, 5.41) is 21.4. The standard InChI is InChI=1S/C29H34F3NO3Si.CH2O3.2Cs/c1-6-35-26(34)19-33-28(21-17-24(30)27(32)25(31)18-21)20(2)36-37(29(3,4)5,22-13-9-7-10-14-22)23-15-11-8-12-16-23;2-1(3)4;;/h7-18,20,28,33H,6,19H2,1-5H3;(H2,2,3,4);;/q;;2*+1/p-2/t20-,28+;;;/m1.../s1. The van der Waals surface area contributed by atoms with Crippen LogP contribution in [0.15, 0.2) is 72.8 Å². The van der Waals surface area contributed by atoms with Crippen LogP contribution in [0.3, 0.4) is 0 Å². The van der Waals surface area contributed by atoms with E-state index >= 15 is 0 Å². The maximum atomic E-state index is 14.3. The first-order chi connectivity index (χ1) is 19.2. The first-order valence-corrected chi connectivity index (χ1v) is 14.9. The first kappa shape index (κ1) is 43.4. The van der Waals surface area contributed by atoms with E-state index in [9.17, 15) is 18.0 Å². The zero-order chi connectivity index (χ0) is 30.8. The molecule has 0 aliphatic heterocycles. The van der Waals surface area contributed by atoms with E-state index in [-0.39, 0.29) is 162 Å². The van der Waals surface area contributed by atoms with Crippen LogP contribution < -0.4 is 164 Å². The minimum Gasteiger partial charge on any atom is -0.652 e. The molecule has 7 nitrogen and oxygen atoms in total. The zero-order valence-corrected chi connectivity index (χ0v) is 39.1. The molecule has 0 amide bonds. The number of carbonyl (C=O) groups is 2. The fourth-order valence-corrected chi connectivity index (χ4v) is 9.46. The third-order valence-electron chi connectivity index (χ3n) is 6.39. The Morgan fingerprint density at radius 2 is 1.30 bits per heavy atom. The Morgan fingerprint density at radius 3 is 1.67 bits per heavy atom. The van der Waals surface area contributed by atoms with Crippen LogP contribution in [0.5, 0.6) is 0 Å². The summed E-state index contributed by atoms with van der Waals surface area (Å²) in [7, 11) is -3.04. The molecule has 0 fully saturated rings. The molecule has 0 saturated heterocycles. The number of hydrogen-bond acceptors (Lipinski definition) is 7. The van der Waals surface area contributed by atoms with Gasteiger partial charge in [0.15, 0.2) is 17.5 Å². The topological polar surface area (TPSA) is 111 Å². The summed E-state index contributed by atoms with van der Waals surface area (Å²) in [6, 6.07) is 20.9. The van der Waals surface area contributed by atoms with Gasteiger partial charge in [0.2, 0.25) is 0 Å². The van der Waals surface area contributed by atoms with Gasteiger partial charge >= 0.3 is 144 Å². The maximum Gasteiger partial charge on any atom is 1.00 e. The monoisotopic (exact) mass is 855 g/mol. The molecular formula is C30H34Cs2F3NO6Si. The second-order valence-electron chi connectivity index (χ2n) is 10.2. The van der Waals surface area contributed by atoms with E-state index in [1.54, 1.807) is 13.8 Å². The summed E-state index contributed by atoms with van der Waals surface area (Å²) in [5.74, 6) is -4.69. The molecule has 0 radical (unpaired) electrons. The molecular weight excluding hydrogens is 821 g/mol. The molecule has 13 heteroatoms. The van der Waals surface area contributed by atoms with E-state index in [4.69, 9.17) is 24.2 Å². The van der Waals surface area contributed by atoms with Gasteiger partial charge in [-0.05, 0) is 53.1 Å². The Morgan fingerprint density at radius 1 is 0.884 bits per heavy atom. The van der Waals surface area contributed by atoms with E-state index in [1.807, 2.05) is 60.7 Å². The van der Waals surface area contributed by atoms with Gasteiger partial charge in [0, 0.05) is 0 Å². The second-order valence-corrected chi connectivity index (χ2v) is 14.5. The molecule has 222 valence electrons. The van der Waals surface area contributed by atoms with Crippen LogP contribution in [-0.2, 0) is 14.0 Å². The molecule has 2 atom stereocenters. The Labute approximate surface area is 369 Å². The third kappa shape index (κ3) is 12.5. The van der Waals surface area contributed by atoms with Gasteiger partial charge in [-0.15, -0.1) is 0 Å². The molecule has 0 bridgehead atoms. The molecule has 3 rings (SSSR count). The number of halogens is 3. The van der Waals surface area contributed by atoms with Crippen molar-refractivity contribution < 1.29 is 180 Å². The summed E-state index contributed by atoms with van der Waals surface area (Å²) < 4.78 is 54.4. The van der Waals surface area contributed by atoms with Crippen molar-refractivity contribution in [1.82, 2.24) is 5.32 Å². The van der Waals surface area contributed by atoms with Crippen molar-refractivity contribution in [3.63, 3.8) is 0 Å². The minimum absolute atomic E-state index is 0. The molecule has 0 aromatic heterocycles. The smallest absolute Gasteiger partial charge is 0.652 e. The fraction of sp³-hybridized carbons (Fsp3) is 0.333. The van der Waals surface area contributed by atoms with Crippen molar-refractivity contribution >= 4 is 30.8 Å². The van der Waals surface area contributed by atoms with E-state index in [0.717, 1.165) is 22.5 Å². The number of benzene rings is 3. The Kier molecular flexibility index (Phi) is 20.8. The fourth-order valence-electron chi connectivity index (χ4n) is 4.75. The Hall–Kier alpha value is 0.431. The van der Waals surface area contributed by atoms with E-state index in [2.05, 4.69) is 26.1 Å². The molecule has 3 aromatic carbocycles. The van der Waals surface area contributed by atoms with Crippen LogP contribution in [0.25, 0.3) is 0 Å². The third-order valence-corrected chi connectivity index (χ3v) is 11.5. The van der Waals surface area contributed by atoms with Gasteiger partial charge in [-0.1, -0.05) is 81.4 Å². The van der Waals surface area contributed by atoms with Crippen LogP contribution in [0.2, 0.25) is 5.04 Å². The Balaban J connectivity index is 0.00000276. The van der Waals surface area contributed by atoms with Gasteiger partial charge in [-0.3, -0.25) is 10.1 Å². The van der Waals surface area contributed by atoms with Crippen molar-refractivity contribution in [1.29, 1.82) is 0 Å². The molecule has 43 heavy (non-hydrogen) atoms. The summed E-state index contributed by atoms with van der Waals surface area (Å²) in [6.07, 6.45) is -3.01. The van der Waals surface area contributed by atoms with Gasteiger partial charge < -0.3 is 24.2 Å². The first-order valence-electron chi connectivity index (χ1n) is 12.9. The number of nitrogens with one attached hydrogen (secondary N) is 1. The number of carbonyl (C=O) groups excluding carboxylic acids is 2. The molecule has 0 unspecified atom stereocenters. The summed E-state index contributed by atoms with van der Waals surface area (Å²) in [4.78, 5) is 20.5. The van der Waals surface area contributed by atoms with Crippen LogP contribution in [-0.4, -0.2) is 39.7 Å². The number of hydrogen-bond donors (Lipinski definition) is 1. The number of carboxylic acid groups (broad SMARTS) is 2. The van der Waals surface area contributed by atoms with E-state index < -0.39 is 50.0 Å². The number of esters is 1. The van der Waals surface area contributed by atoms with Crippen molar-refractivity contribution in [2.45, 2.75) is 51.8 Å². The normalized spacial score (nSPS) is 12.4. The Bertz CT molecular complexity index is 1230. The van der Waals surface area contributed by atoms with Gasteiger partial charge in [0.25, 0.3) is 8.32 Å². The van der Waals surface area contributed by atoms with Crippen LogP contribution in [0.4, 0.5) is 18.0 Å². The maximum absolute atomic E-state index is 14.3. The van der Waals surface area contributed by atoms with Gasteiger partial charge in [-0.2, -0.15) is 0 Å². The second kappa shape index (κ2) is 20.6. The average Bonchev–Trinajstić information content (AvgIpc) is 2.90. The van der Waals surface area contributed by atoms with Gasteiger partial charge in [-0.25, -0.2) is 13.2 Å². The summed E-state index contributed by atoms with van der Waals surface area (Å²) in [6.45, 7) is 9.81. The zero-order valence-electron chi connectivity index (χ0n) is 25.6. The van der Waals surface area contributed by atoms with Crippen molar-refractivity contribution in [3.8, 4) is 0 Å². The van der Waals surface area contributed by atoms with E-state index in [0.29, 0.717) is 0 Å². The van der Waals surface area contributed by atoms with E-state index in [1.165, 1.54) is 0 Å². The molecule has 0 aliphatic rings. The van der Waals surface area contributed by atoms with Crippen LogP contribution in [0, 0.1) is 17.5 Å². The molecule has 0 saturated carbocycles. The molecule has 0 aliphatic carbocycles. The van der Waals surface area contributed by atoms with Gasteiger partial charge in [0.05, 0.1) is 25.3 Å². The number of rotatable bonds is 10. The predicted octanol–water partition coefficient (Wildman–Crippen LogP) is -3.18. The molecule has 3 aromatic rings. The SMILES string of the molecule is CCOC(=O)CN[C@H](c1cc(F)c(F)c(F)c1)[C@@H](C)O[Si](c1ccccc1)(c1ccccc1)C(C)(C)C.O=C([O-])[O-].[Cs+].[Cs+].